The van der Waals surface area contributed by atoms with Crippen molar-refractivity contribution in [2.45, 2.75) is 5.92 Å². The molecule has 32 heavy (non-hydrogen) atoms. The maximum atomic E-state index is 13.0. The van der Waals surface area contributed by atoms with Gasteiger partial charge in [-0.3, -0.25) is 4.90 Å². The molecule has 2 aromatic carbocycles. The lowest BCUT2D eigenvalue weighted by atomic mass is 9.81. The van der Waals surface area contributed by atoms with Gasteiger partial charge in [-0.05, 0) is 34.5 Å². The third-order valence-electron chi connectivity index (χ3n) is 5.31. The fourth-order valence-electron chi connectivity index (χ4n) is 3.86. The Hall–Kier alpha value is -4.09. The van der Waals surface area contributed by atoms with Crippen LogP contribution in [0, 0.1) is 11.3 Å². The standard InChI is InChI=1S/C24H19N3O4S/c1-30-23(28)20-19(15-6-4-3-5-7-15)17(13-25)22(26)27(21(20)24(29)31-2)16-9-8-14-10-11-32-18(14)12-16/h3-12,19H,26H2,1-2H3. The summed E-state index contributed by atoms with van der Waals surface area (Å²) in [6.07, 6.45) is 0. The minimum absolute atomic E-state index is 0.0115. The third-order valence-corrected chi connectivity index (χ3v) is 6.19. The minimum atomic E-state index is -0.885. The van der Waals surface area contributed by atoms with Gasteiger partial charge in [-0.2, -0.15) is 5.26 Å². The molecule has 1 aliphatic heterocycles. The van der Waals surface area contributed by atoms with Crippen molar-refractivity contribution in [1.82, 2.24) is 0 Å². The molecule has 0 radical (unpaired) electrons. The van der Waals surface area contributed by atoms with Crippen LogP contribution in [-0.4, -0.2) is 26.2 Å². The van der Waals surface area contributed by atoms with E-state index < -0.39 is 17.9 Å². The molecule has 3 aromatic rings. The molecule has 2 heterocycles. The van der Waals surface area contributed by atoms with Gasteiger partial charge < -0.3 is 15.2 Å². The Bertz CT molecular complexity index is 1320. The van der Waals surface area contributed by atoms with Gasteiger partial charge in [0.15, 0.2) is 0 Å². The van der Waals surface area contributed by atoms with E-state index in [-0.39, 0.29) is 22.7 Å². The Morgan fingerprint density at radius 2 is 1.78 bits per heavy atom. The summed E-state index contributed by atoms with van der Waals surface area (Å²) in [6.45, 7) is 0. The number of carbonyl (C=O) groups is 2. The molecule has 7 nitrogen and oxygen atoms in total. The highest BCUT2D eigenvalue weighted by Crippen LogP contribution is 2.43. The van der Waals surface area contributed by atoms with Crippen molar-refractivity contribution >= 4 is 39.0 Å². The first-order valence-electron chi connectivity index (χ1n) is 9.64. The highest BCUT2D eigenvalue weighted by Gasteiger charge is 2.42. The number of rotatable bonds is 4. The van der Waals surface area contributed by atoms with Crippen LogP contribution in [0.25, 0.3) is 10.1 Å². The van der Waals surface area contributed by atoms with Gasteiger partial charge in [0.25, 0.3) is 0 Å². The molecule has 2 N–H and O–H groups in total. The average molecular weight is 446 g/mol. The van der Waals surface area contributed by atoms with Crippen molar-refractivity contribution in [2.24, 2.45) is 5.73 Å². The molecule has 160 valence electrons. The van der Waals surface area contributed by atoms with Gasteiger partial charge in [-0.1, -0.05) is 36.4 Å². The Kier molecular flexibility index (Phi) is 5.67. The molecule has 0 saturated carbocycles. The molecule has 1 atom stereocenters. The molecule has 1 unspecified atom stereocenters. The lowest BCUT2D eigenvalue weighted by molar-refractivity contribution is -0.139. The molecule has 0 fully saturated rings. The molecular weight excluding hydrogens is 426 g/mol. The number of nitrogens with two attached hydrogens (primary N) is 1. The number of thiophene rings is 1. The highest BCUT2D eigenvalue weighted by atomic mass is 32.1. The fraction of sp³-hybridized carbons (Fsp3) is 0.125. The van der Waals surface area contributed by atoms with Crippen LogP contribution < -0.4 is 10.6 Å². The number of carbonyl (C=O) groups excluding carboxylic acids is 2. The van der Waals surface area contributed by atoms with E-state index in [0.29, 0.717) is 11.3 Å². The Morgan fingerprint density at radius 1 is 1.06 bits per heavy atom. The summed E-state index contributed by atoms with van der Waals surface area (Å²) in [5.74, 6) is -2.35. The summed E-state index contributed by atoms with van der Waals surface area (Å²) in [4.78, 5) is 27.4. The number of fused-ring (bicyclic) bond motifs is 1. The number of nitrogens with zero attached hydrogens (tertiary/aromatic N) is 2. The van der Waals surface area contributed by atoms with E-state index in [1.54, 1.807) is 30.3 Å². The first kappa shape index (κ1) is 21.2. The van der Waals surface area contributed by atoms with Gasteiger partial charge >= 0.3 is 11.9 Å². The summed E-state index contributed by atoms with van der Waals surface area (Å²) in [7, 11) is 2.45. The van der Waals surface area contributed by atoms with Crippen molar-refractivity contribution in [3.05, 3.63) is 88.2 Å². The van der Waals surface area contributed by atoms with Gasteiger partial charge in [-0.25, -0.2) is 9.59 Å². The molecule has 0 amide bonds. The van der Waals surface area contributed by atoms with E-state index in [2.05, 4.69) is 6.07 Å². The maximum absolute atomic E-state index is 13.0. The van der Waals surface area contributed by atoms with Crippen molar-refractivity contribution in [3.63, 3.8) is 0 Å². The zero-order chi connectivity index (χ0) is 22.8. The number of ether oxygens (including phenoxy) is 2. The summed E-state index contributed by atoms with van der Waals surface area (Å²) in [6, 6.07) is 18.5. The van der Waals surface area contributed by atoms with Crippen molar-refractivity contribution in [3.8, 4) is 6.07 Å². The van der Waals surface area contributed by atoms with Crippen LogP contribution >= 0.6 is 11.3 Å². The topological polar surface area (TPSA) is 106 Å². The number of anilines is 1. The maximum Gasteiger partial charge on any atom is 0.355 e. The Labute approximate surface area is 188 Å². The van der Waals surface area contributed by atoms with Crippen molar-refractivity contribution in [1.29, 1.82) is 5.26 Å². The predicted molar refractivity (Wildman–Crippen MR) is 121 cm³/mol. The molecule has 0 saturated heterocycles. The lowest BCUT2D eigenvalue weighted by Crippen LogP contribution is -2.40. The van der Waals surface area contributed by atoms with E-state index in [1.807, 2.05) is 29.6 Å². The highest BCUT2D eigenvalue weighted by molar-refractivity contribution is 7.17. The predicted octanol–water partition coefficient (Wildman–Crippen LogP) is 3.80. The first-order valence-corrected chi connectivity index (χ1v) is 10.5. The quantitative estimate of drug-likeness (QED) is 0.609. The van der Waals surface area contributed by atoms with Crippen LogP contribution in [0.1, 0.15) is 11.5 Å². The second kappa shape index (κ2) is 8.57. The van der Waals surface area contributed by atoms with E-state index in [4.69, 9.17) is 15.2 Å². The molecule has 0 bridgehead atoms. The number of methoxy groups -OCH3 is 2. The largest absolute Gasteiger partial charge is 0.466 e. The Morgan fingerprint density at radius 3 is 2.44 bits per heavy atom. The summed E-state index contributed by atoms with van der Waals surface area (Å²) >= 11 is 1.53. The van der Waals surface area contributed by atoms with Crippen LogP contribution in [0.5, 0.6) is 0 Å². The van der Waals surface area contributed by atoms with Crippen LogP contribution in [0.3, 0.4) is 0 Å². The zero-order valence-corrected chi connectivity index (χ0v) is 18.2. The summed E-state index contributed by atoms with van der Waals surface area (Å²) < 4.78 is 11.0. The molecule has 0 aliphatic carbocycles. The van der Waals surface area contributed by atoms with Crippen LogP contribution in [0.15, 0.2) is 82.6 Å². The molecular formula is C24H19N3O4S. The van der Waals surface area contributed by atoms with E-state index in [1.165, 1.54) is 30.5 Å². The van der Waals surface area contributed by atoms with E-state index in [0.717, 1.165) is 10.1 Å². The second-order valence-corrected chi connectivity index (χ2v) is 7.93. The molecule has 0 spiro atoms. The van der Waals surface area contributed by atoms with Crippen molar-refractivity contribution < 1.29 is 19.1 Å². The number of allylic oxidation sites excluding steroid dienone is 1. The van der Waals surface area contributed by atoms with Crippen molar-refractivity contribution in [2.75, 3.05) is 19.1 Å². The van der Waals surface area contributed by atoms with Crippen LogP contribution in [0.2, 0.25) is 0 Å². The molecule has 4 rings (SSSR count). The van der Waals surface area contributed by atoms with Gasteiger partial charge in [0.1, 0.15) is 11.5 Å². The number of esters is 2. The lowest BCUT2D eigenvalue weighted by Gasteiger charge is -2.35. The number of benzene rings is 2. The fourth-order valence-corrected chi connectivity index (χ4v) is 4.69. The summed E-state index contributed by atoms with van der Waals surface area (Å²) in [5.41, 5.74) is 7.69. The van der Waals surface area contributed by atoms with E-state index in [9.17, 15) is 14.9 Å². The van der Waals surface area contributed by atoms with Gasteiger partial charge in [0, 0.05) is 10.4 Å². The zero-order valence-electron chi connectivity index (χ0n) is 17.4. The Balaban J connectivity index is 2.06. The first-order chi connectivity index (χ1) is 15.5. The molecule has 1 aliphatic rings. The third kappa shape index (κ3) is 3.39. The van der Waals surface area contributed by atoms with Crippen LogP contribution in [0.4, 0.5) is 5.69 Å². The van der Waals surface area contributed by atoms with Gasteiger partial charge in [0.05, 0.1) is 37.4 Å². The SMILES string of the molecule is COC(=O)C1=C(C(=O)OC)N(c2ccc3ccsc3c2)C(N)=C(C#N)C1c1ccccc1. The van der Waals surface area contributed by atoms with Crippen LogP contribution in [-0.2, 0) is 19.1 Å². The van der Waals surface area contributed by atoms with Gasteiger partial charge in [0.2, 0.25) is 0 Å². The summed E-state index contributed by atoms with van der Waals surface area (Å²) in [5, 5.41) is 13.0. The van der Waals surface area contributed by atoms with E-state index >= 15 is 0 Å². The van der Waals surface area contributed by atoms with Gasteiger partial charge in [-0.15, -0.1) is 11.3 Å². The number of hydrogen-bond acceptors (Lipinski definition) is 8. The molecule has 1 aromatic heterocycles. The smallest absolute Gasteiger partial charge is 0.355 e. The normalized spacial score (nSPS) is 16.2. The average Bonchev–Trinajstić information content (AvgIpc) is 3.30. The minimum Gasteiger partial charge on any atom is -0.466 e. The number of nitriles is 1. The number of hydrogen-bond donors (Lipinski definition) is 1. The second-order valence-electron chi connectivity index (χ2n) is 6.98. The monoisotopic (exact) mass is 445 g/mol. The molecule has 8 heteroatoms.